The van der Waals surface area contributed by atoms with Crippen LogP contribution in [0.3, 0.4) is 0 Å². The Labute approximate surface area is 206 Å². The Balaban J connectivity index is 1.42. The number of amidine groups is 1. The maximum Gasteiger partial charge on any atom is 0.232 e. The van der Waals surface area contributed by atoms with Gasteiger partial charge < -0.3 is 15.0 Å². The molecule has 8 nitrogen and oxygen atoms in total. The van der Waals surface area contributed by atoms with E-state index in [1.807, 2.05) is 20.8 Å². The molecule has 1 aliphatic carbocycles. The van der Waals surface area contributed by atoms with Crippen LogP contribution < -0.4 is 10.5 Å². The molecular formula is C25H29FN6O2S. The molecule has 184 valence electrons. The van der Waals surface area contributed by atoms with Crippen LogP contribution in [-0.4, -0.2) is 45.1 Å². The molecule has 10 heteroatoms. The van der Waals surface area contributed by atoms with Crippen molar-refractivity contribution in [1.29, 1.82) is 0 Å². The molecule has 0 bridgehead atoms. The van der Waals surface area contributed by atoms with Crippen LogP contribution in [0.5, 0.6) is 5.88 Å². The first-order chi connectivity index (χ1) is 16.7. The largest absolute Gasteiger partial charge is 0.476 e. The van der Waals surface area contributed by atoms with Gasteiger partial charge in [-0.2, -0.15) is 0 Å². The number of hydrogen-bond donors (Lipinski definition) is 1. The molecule has 0 saturated heterocycles. The molecule has 3 aromatic rings. The highest BCUT2D eigenvalue weighted by atomic mass is 32.2. The Morgan fingerprint density at radius 3 is 2.66 bits per heavy atom. The van der Waals surface area contributed by atoms with Crippen LogP contribution >= 0.6 is 0 Å². The molecule has 1 saturated carbocycles. The number of halogens is 1. The summed E-state index contributed by atoms with van der Waals surface area (Å²) in [6.45, 7) is 6.63. The molecule has 5 rings (SSSR count). The lowest BCUT2D eigenvalue weighted by Gasteiger charge is -2.40. The van der Waals surface area contributed by atoms with Gasteiger partial charge in [0.05, 0.1) is 29.3 Å². The highest BCUT2D eigenvalue weighted by Gasteiger charge is 2.42. The van der Waals surface area contributed by atoms with Crippen LogP contribution in [0, 0.1) is 11.7 Å². The molecule has 35 heavy (non-hydrogen) atoms. The zero-order valence-electron chi connectivity index (χ0n) is 20.3. The van der Waals surface area contributed by atoms with E-state index in [1.165, 1.54) is 18.9 Å². The van der Waals surface area contributed by atoms with Crippen molar-refractivity contribution in [1.82, 2.24) is 15.1 Å². The fourth-order valence-corrected chi connectivity index (χ4v) is 6.05. The first-order valence-electron chi connectivity index (χ1n) is 11.6. The van der Waals surface area contributed by atoms with Crippen molar-refractivity contribution in [3.05, 3.63) is 48.0 Å². The lowest BCUT2D eigenvalue weighted by molar-refractivity contribution is 0.287. The van der Waals surface area contributed by atoms with Crippen molar-refractivity contribution in [3.8, 4) is 28.6 Å². The predicted octanol–water partition coefficient (Wildman–Crippen LogP) is 4.52. The Morgan fingerprint density at radius 1 is 1.17 bits per heavy atom. The van der Waals surface area contributed by atoms with Crippen molar-refractivity contribution >= 4 is 16.5 Å². The van der Waals surface area contributed by atoms with Gasteiger partial charge in [0.2, 0.25) is 5.88 Å². The quantitative estimate of drug-likeness (QED) is 0.537. The third-order valence-corrected chi connectivity index (χ3v) is 9.27. The van der Waals surface area contributed by atoms with E-state index in [2.05, 4.69) is 19.5 Å². The van der Waals surface area contributed by atoms with Gasteiger partial charge in [0.25, 0.3) is 0 Å². The summed E-state index contributed by atoms with van der Waals surface area (Å²) in [5.74, 6) is 2.34. The van der Waals surface area contributed by atoms with Gasteiger partial charge in [0, 0.05) is 30.0 Å². The Morgan fingerprint density at radius 2 is 1.97 bits per heavy atom. The highest BCUT2D eigenvalue weighted by Crippen LogP contribution is 2.38. The van der Waals surface area contributed by atoms with E-state index < -0.39 is 16.2 Å². The number of nitrogens with zero attached hydrogens (tertiary/aromatic N) is 5. The zero-order chi connectivity index (χ0) is 24.8. The van der Waals surface area contributed by atoms with E-state index in [-0.39, 0.29) is 10.6 Å². The monoisotopic (exact) mass is 496 g/mol. The third kappa shape index (κ3) is 4.59. The van der Waals surface area contributed by atoms with Gasteiger partial charge in [-0.1, -0.05) is 15.8 Å². The van der Waals surface area contributed by atoms with Crippen LogP contribution in [0.15, 0.2) is 50.5 Å². The second kappa shape index (κ2) is 8.82. The number of hydrogen-bond acceptors (Lipinski definition) is 8. The summed E-state index contributed by atoms with van der Waals surface area (Å²) in [7, 11) is 1.38. The van der Waals surface area contributed by atoms with Gasteiger partial charge >= 0.3 is 0 Å². The second-order valence-corrected chi connectivity index (χ2v) is 12.1. The summed E-state index contributed by atoms with van der Waals surface area (Å²) in [6.07, 6.45) is 5.62. The maximum atomic E-state index is 15.1. The molecule has 1 unspecified atom stereocenters. The summed E-state index contributed by atoms with van der Waals surface area (Å²) in [6, 6.07) is 6.61. The number of ether oxygens (including phenoxy) is 1. The summed E-state index contributed by atoms with van der Waals surface area (Å²) < 4.78 is 30.5. The van der Waals surface area contributed by atoms with Crippen molar-refractivity contribution in [3.63, 3.8) is 0 Å². The predicted molar refractivity (Wildman–Crippen MR) is 135 cm³/mol. The van der Waals surface area contributed by atoms with E-state index in [9.17, 15) is 0 Å². The lowest BCUT2D eigenvalue weighted by Crippen LogP contribution is -2.51. The van der Waals surface area contributed by atoms with Gasteiger partial charge in [-0.15, -0.1) is 0 Å². The number of benzene rings is 1. The molecule has 0 spiro atoms. The molecule has 3 heterocycles. The fourth-order valence-electron chi connectivity index (χ4n) is 4.06. The van der Waals surface area contributed by atoms with Crippen molar-refractivity contribution in [2.45, 2.75) is 43.9 Å². The van der Waals surface area contributed by atoms with Crippen molar-refractivity contribution in [2.24, 2.45) is 21.0 Å². The number of aromatic nitrogens is 3. The van der Waals surface area contributed by atoms with E-state index in [1.54, 1.807) is 37.6 Å². The van der Waals surface area contributed by atoms with Gasteiger partial charge in [-0.3, -0.25) is 9.36 Å². The number of nitrogens with two attached hydrogens (primary N) is 1. The van der Waals surface area contributed by atoms with Crippen LogP contribution in [-0.2, 0) is 16.2 Å². The topological polar surface area (TPSA) is 112 Å². The molecule has 2 atom stereocenters. The van der Waals surface area contributed by atoms with Crippen molar-refractivity contribution in [2.75, 3.05) is 19.4 Å². The molecule has 1 aliphatic heterocycles. The molecule has 2 N–H and O–H groups in total. The van der Waals surface area contributed by atoms with Gasteiger partial charge in [0.15, 0.2) is 5.76 Å². The molecule has 2 aromatic heterocycles. The number of aliphatic imine (C=N–C) groups is 1. The van der Waals surface area contributed by atoms with Gasteiger partial charge in [-0.25, -0.2) is 14.4 Å². The Bertz CT molecular complexity index is 1320. The summed E-state index contributed by atoms with van der Waals surface area (Å²) >= 11 is 0. The molecule has 0 amide bonds. The zero-order valence-corrected chi connectivity index (χ0v) is 21.1. The normalized spacial score (nSPS) is 23.8. The summed E-state index contributed by atoms with van der Waals surface area (Å²) in [5, 5.41) is 4.14. The second-order valence-electron chi connectivity index (χ2n) is 9.74. The van der Waals surface area contributed by atoms with Crippen LogP contribution in [0.1, 0.15) is 39.2 Å². The summed E-state index contributed by atoms with van der Waals surface area (Å²) in [4.78, 5) is 13.5. The molecule has 1 aromatic carbocycles. The van der Waals surface area contributed by atoms with Gasteiger partial charge in [-0.05, 0) is 57.7 Å². The number of rotatable bonds is 6. The van der Waals surface area contributed by atoms with E-state index >= 15 is 4.39 Å². The minimum absolute atomic E-state index is 0.348. The van der Waals surface area contributed by atoms with E-state index in [0.29, 0.717) is 58.3 Å². The highest BCUT2D eigenvalue weighted by molar-refractivity contribution is 7.89. The van der Waals surface area contributed by atoms with E-state index in [4.69, 9.17) is 20.0 Å². The maximum absolute atomic E-state index is 15.1. The average molecular weight is 497 g/mol. The van der Waals surface area contributed by atoms with Crippen molar-refractivity contribution < 1.29 is 13.7 Å². The van der Waals surface area contributed by atoms with Gasteiger partial charge in [0.1, 0.15) is 23.0 Å². The summed E-state index contributed by atoms with van der Waals surface area (Å²) in [5.41, 5.74) is 7.72. The first kappa shape index (κ1) is 23.6. The average Bonchev–Trinajstić information content (AvgIpc) is 3.55. The van der Waals surface area contributed by atoms with Crippen LogP contribution in [0.2, 0.25) is 0 Å². The SMILES string of the molecule is C/N=S1/C[C@@](C)(c2cc(-c3cc(-c4cnc(OCC5CC5)cn4)no3)ccc2F)N=C(N)C1(C)C. The minimum Gasteiger partial charge on any atom is -0.476 e. The smallest absolute Gasteiger partial charge is 0.232 e. The first-order valence-corrected chi connectivity index (χ1v) is 12.9. The molecule has 1 fully saturated rings. The standard InChI is InChI=1S/C25H29FN6O2S/c1-24(2)23(27)31-25(3,14-35(24)28-4)17-9-16(7-8-18(17)26)21-10-19(32-34-21)20-11-30-22(12-29-20)33-13-15-5-6-15/h7-12,15H,5-6,13-14H2,1-4H3,(H2,27,31)/t25-,35?/m0/s1. The lowest BCUT2D eigenvalue weighted by atomic mass is 9.91. The Kier molecular flexibility index (Phi) is 5.94. The molecule has 2 aliphatic rings. The third-order valence-electron chi connectivity index (χ3n) is 6.61. The van der Waals surface area contributed by atoms with E-state index in [0.717, 1.165) is 0 Å². The Hall–Kier alpha value is -3.14. The molecule has 0 radical (unpaired) electrons. The minimum atomic E-state index is -0.840. The van der Waals surface area contributed by atoms with Crippen LogP contribution in [0.25, 0.3) is 22.7 Å². The fraction of sp³-hybridized carbons (Fsp3) is 0.440. The molecular weight excluding hydrogens is 467 g/mol. The van der Waals surface area contributed by atoms with Crippen LogP contribution in [0.4, 0.5) is 4.39 Å².